The van der Waals surface area contributed by atoms with E-state index in [-0.39, 0.29) is 11.8 Å². The van der Waals surface area contributed by atoms with Crippen LogP contribution in [0.2, 0.25) is 0 Å². The molecule has 0 bridgehead atoms. The van der Waals surface area contributed by atoms with E-state index in [0.717, 1.165) is 5.56 Å². The van der Waals surface area contributed by atoms with E-state index < -0.39 is 17.9 Å². The van der Waals surface area contributed by atoms with E-state index in [4.69, 9.17) is 0 Å². The number of carboxylic acids is 1. The highest BCUT2D eigenvalue weighted by Gasteiger charge is 2.22. The summed E-state index contributed by atoms with van der Waals surface area (Å²) in [6.45, 7) is 6.38. The topological polar surface area (TPSA) is 79.3 Å². The number of aliphatic carboxylic acids is 1. The van der Waals surface area contributed by atoms with Crippen molar-refractivity contribution in [1.29, 1.82) is 0 Å². The van der Waals surface area contributed by atoms with Crippen LogP contribution >= 0.6 is 0 Å². The van der Waals surface area contributed by atoms with E-state index in [1.54, 1.807) is 18.3 Å². The quantitative estimate of drug-likeness (QED) is 0.706. The number of carbonyl (C=O) groups excluding carboxylic acids is 1. The molecule has 3 aromatic rings. The van der Waals surface area contributed by atoms with Crippen LogP contribution in [-0.4, -0.2) is 28.0 Å². The fourth-order valence-corrected chi connectivity index (χ4v) is 3.11. The van der Waals surface area contributed by atoms with Crippen LogP contribution in [0.3, 0.4) is 0 Å². The molecule has 28 heavy (non-hydrogen) atoms. The van der Waals surface area contributed by atoms with Crippen molar-refractivity contribution in [3.63, 3.8) is 0 Å². The molecular weight excluding hydrogens is 352 g/mol. The predicted octanol–water partition coefficient (Wildman–Crippen LogP) is 3.96. The number of para-hydroxylation sites is 1. The largest absolute Gasteiger partial charge is 0.480 e. The van der Waals surface area contributed by atoms with Gasteiger partial charge < -0.3 is 10.4 Å². The molecule has 5 nitrogen and oxygen atoms in total. The second-order valence-electron chi connectivity index (χ2n) is 7.89. The Bertz CT molecular complexity index is 999. The predicted molar refractivity (Wildman–Crippen MR) is 109 cm³/mol. The summed E-state index contributed by atoms with van der Waals surface area (Å²) in [5.74, 6) is -1.48. The summed E-state index contributed by atoms with van der Waals surface area (Å²) in [6.07, 6.45) is 1.77. The van der Waals surface area contributed by atoms with Gasteiger partial charge in [-0.25, -0.2) is 4.79 Å². The first-order chi connectivity index (χ1) is 13.3. The standard InChI is InChI=1S/C23H24N2O3/c1-23(2,3)16-10-8-15(9-11-16)14-20(22(27)28)25-21(26)18-12-13-24-19-7-5-4-6-17(18)19/h4-13,20H,14H2,1-3H3,(H,25,26)(H,27,28)/t20-/m0/s1. The summed E-state index contributed by atoms with van der Waals surface area (Å²) in [4.78, 5) is 28.7. The Morgan fingerprint density at radius 1 is 1.04 bits per heavy atom. The molecule has 144 valence electrons. The summed E-state index contributed by atoms with van der Waals surface area (Å²) in [5, 5.41) is 12.9. The van der Waals surface area contributed by atoms with Gasteiger partial charge in [0.05, 0.1) is 11.1 Å². The van der Waals surface area contributed by atoms with Gasteiger partial charge in [-0.3, -0.25) is 9.78 Å². The van der Waals surface area contributed by atoms with Gasteiger partial charge in [0.2, 0.25) is 0 Å². The Balaban J connectivity index is 1.79. The minimum Gasteiger partial charge on any atom is -0.480 e. The minimum atomic E-state index is -1.06. The van der Waals surface area contributed by atoms with E-state index in [2.05, 4.69) is 31.1 Å². The molecule has 0 aliphatic carbocycles. The molecule has 0 spiro atoms. The van der Waals surface area contributed by atoms with Gasteiger partial charge in [0.1, 0.15) is 6.04 Å². The number of pyridine rings is 1. The van der Waals surface area contributed by atoms with Crippen molar-refractivity contribution in [3.05, 3.63) is 77.5 Å². The zero-order valence-electron chi connectivity index (χ0n) is 16.3. The van der Waals surface area contributed by atoms with Gasteiger partial charge in [-0.05, 0) is 28.7 Å². The van der Waals surface area contributed by atoms with Crippen LogP contribution in [0.15, 0.2) is 60.8 Å². The van der Waals surface area contributed by atoms with Crippen molar-refractivity contribution in [1.82, 2.24) is 10.3 Å². The fourth-order valence-electron chi connectivity index (χ4n) is 3.11. The van der Waals surface area contributed by atoms with Gasteiger partial charge in [-0.2, -0.15) is 0 Å². The average molecular weight is 376 g/mol. The second kappa shape index (κ2) is 7.80. The summed E-state index contributed by atoms with van der Waals surface area (Å²) in [6, 6.07) is 15.7. The van der Waals surface area contributed by atoms with Gasteiger partial charge in [0, 0.05) is 18.0 Å². The smallest absolute Gasteiger partial charge is 0.326 e. The first-order valence-electron chi connectivity index (χ1n) is 9.22. The minimum absolute atomic E-state index is 0.0291. The van der Waals surface area contributed by atoms with Crippen molar-refractivity contribution in [3.8, 4) is 0 Å². The van der Waals surface area contributed by atoms with Crippen molar-refractivity contribution in [2.45, 2.75) is 38.6 Å². The molecule has 1 atom stereocenters. The Morgan fingerprint density at radius 2 is 1.71 bits per heavy atom. The van der Waals surface area contributed by atoms with E-state index in [9.17, 15) is 14.7 Å². The zero-order valence-corrected chi connectivity index (χ0v) is 16.3. The Kier molecular flexibility index (Phi) is 5.45. The molecule has 0 aliphatic heterocycles. The molecular formula is C23H24N2O3. The van der Waals surface area contributed by atoms with Crippen molar-refractivity contribution in [2.24, 2.45) is 0 Å². The SMILES string of the molecule is CC(C)(C)c1ccc(C[C@H](NC(=O)c2ccnc3ccccc23)C(=O)O)cc1. The molecule has 1 amide bonds. The van der Waals surface area contributed by atoms with Crippen LogP contribution in [0.4, 0.5) is 0 Å². The number of fused-ring (bicyclic) bond motifs is 1. The lowest BCUT2D eigenvalue weighted by atomic mass is 9.86. The van der Waals surface area contributed by atoms with E-state index in [1.165, 1.54) is 5.56 Å². The number of aromatic nitrogens is 1. The van der Waals surface area contributed by atoms with Crippen LogP contribution in [0, 0.1) is 0 Å². The number of benzene rings is 2. The van der Waals surface area contributed by atoms with Gasteiger partial charge in [-0.1, -0.05) is 63.2 Å². The fraction of sp³-hybridized carbons (Fsp3) is 0.261. The number of rotatable bonds is 5. The molecule has 3 rings (SSSR count). The van der Waals surface area contributed by atoms with Gasteiger partial charge in [0.15, 0.2) is 0 Å². The summed E-state index contributed by atoms with van der Waals surface area (Å²) < 4.78 is 0. The number of amides is 1. The van der Waals surface area contributed by atoms with Crippen molar-refractivity contribution < 1.29 is 14.7 Å². The second-order valence-corrected chi connectivity index (χ2v) is 7.89. The third-order valence-electron chi connectivity index (χ3n) is 4.76. The Hall–Kier alpha value is -3.21. The Morgan fingerprint density at radius 3 is 2.36 bits per heavy atom. The lowest BCUT2D eigenvalue weighted by molar-refractivity contribution is -0.139. The lowest BCUT2D eigenvalue weighted by Gasteiger charge is -2.20. The first-order valence-corrected chi connectivity index (χ1v) is 9.22. The third kappa shape index (κ3) is 4.36. The Labute approximate surface area is 164 Å². The van der Waals surface area contributed by atoms with E-state index in [0.29, 0.717) is 16.5 Å². The molecule has 1 aromatic heterocycles. The zero-order chi connectivity index (χ0) is 20.3. The first kappa shape index (κ1) is 19.5. The number of hydrogen-bond donors (Lipinski definition) is 2. The van der Waals surface area contributed by atoms with Crippen LogP contribution in [0.25, 0.3) is 10.9 Å². The molecule has 0 radical (unpaired) electrons. The molecule has 0 aliphatic rings. The number of nitrogens with one attached hydrogen (secondary N) is 1. The maximum atomic E-state index is 12.7. The molecule has 0 fully saturated rings. The molecule has 1 heterocycles. The van der Waals surface area contributed by atoms with E-state index >= 15 is 0 Å². The molecule has 0 saturated carbocycles. The molecule has 2 aromatic carbocycles. The maximum absolute atomic E-state index is 12.7. The summed E-state index contributed by atoms with van der Waals surface area (Å²) >= 11 is 0. The third-order valence-corrected chi connectivity index (χ3v) is 4.76. The van der Waals surface area contributed by atoms with Gasteiger partial charge >= 0.3 is 5.97 Å². The highest BCUT2D eigenvalue weighted by atomic mass is 16.4. The normalized spacial score (nSPS) is 12.5. The van der Waals surface area contributed by atoms with Crippen LogP contribution in [-0.2, 0) is 16.6 Å². The van der Waals surface area contributed by atoms with E-state index in [1.807, 2.05) is 42.5 Å². The van der Waals surface area contributed by atoms with Gasteiger partial charge in [0.25, 0.3) is 5.91 Å². The summed E-state index contributed by atoms with van der Waals surface area (Å²) in [5.41, 5.74) is 3.18. The van der Waals surface area contributed by atoms with Crippen LogP contribution < -0.4 is 5.32 Å². The molecule has 2 N–H and O–H groups in total. The number of carboxylic acid groups (broad SMARTS) is 1. The molecule has 5 heteroatoms. The number of carbonyl (C=O) groups is 2. The monoisotopic (exact) mass is 376 g/mol. The van der Waals surface area contributed by atoms with Crippen LogP contribution in [0.1, 0.15) is 42.3 Å². The van der Waals surface area contributed by atoms with Crippen molar-refractivity contribution >= 4 is 22.8 Å². The number of hydrogen-bond acceptors (Lipinski definition) is 3. The molecule has 0 saturated heterocycles. The molecule has 0 unspecified atom stereocenters. The lowest BCUT2D eigenvalue weighted by Crippen LogP contribution is -2.42. The van der Waals surface area contributed by atoms with Gasteiger partial charge in [-0.15, -0.1) is 0 Å². The average Bonchev–Trinajstić information content (AvgIpc) is 2.66. The highest BCUT2D eigenvalue weighted by Crippen LogP contribution is 2.22. The highest BCUT2D eigenvalue weighted by molar-refractivity contribution is 6.06. The van der Waals surface area contributed by atoms with Crippen molar-refractivity contribution in [2.75, 3.05) is 0 Å². The summed E-state index contributed by atoms with van der Waals surface area (Å²) in [7, 11) is 0. The maximum Gasteiger partial charge on any atom is 0.326 e. The number of nitrogens with zero attached hydrogens (tertiary/aromatic N) is 1. The van der Waals surface area contributed by atoms with Crippen LogP contribution in [0.5, 0.6) is 0 Å².